The lowest BCUT2D eigenvalue weighted by Gasteiger charge is -2.23. The van der Waals surface area contributed by atoms with E-state index >= 15 is 0 Å². The van der Waals surface area contributed by atoms with E-state index in [-0.39, 0.29) is 5.41 Å². The number of ether oxygens (including phenoxy) is 1. The lowest BCUT2D eigenvalue weighted by Crippen LogP contribution is -2.34. The Kier molecular flexibility index (Phi) is 6.53. The maximum Gasteiger partial charge on any atom is 0.188 e. The molecule has 1 aromatic carbocycles. The van der Waals surface area contributed by atoms with E-state index < -0.39 is 0 Å². The molecule has 0 atom stereocenters. The van der Waals surface area contributed by atoms with Crippen LogP contribution in [0.1, 0.15) is 39.7 Å². The molecule has 0 aromatic heterocycles. The average Bonchev–Trinajstić information content (AvgIpc) is 2.45. The summed E-state index contributed by atoms with van der Waals surface area (Å²) in [6.07, 6.45) is 1.10. The van der Waals surface area contributed by atoms with Crippen LogP contribution in [0.2, 0.25) is 0 Å². The molecule has 0 heterocycles. The predicted molar refractivity (Wildman–Crippen MR) is 90.0 cm³/mol. The van der Waals surface area contributed by atoms with Gasteiger partial charge in [-0.05, 0) is 30.0 Å². The lowest BCUT2D eigenvalue weighted by atomic mass is 9.85. The van der Waals surface area contributed by atoms with Gasteiger partial charge in [-0.25, -0.2) is 0 Å². The number of nitrogens with zero attached hydrogens (tertiary/aromatic N) is 1. The topological polar surface area (TPSA) is 59.6 Å². The largest absolute Gasteiger partial charge is 0.497 e. The van der Waals surface area contributed by atoms with Crippen molar-refractivity contribution in [1.82, 2.24) is 5.32 Å². The zero-order valence-corrected chi connectivity index (χ0v) is 13.9. The quantitative estimate of drug-likeness (QED) is 0.600. The minimum Gasteiger partial charge on any atom is -0.497 e. The molecule has 0 aliphatic rings. The maximum absolute atomic E-state index is 5.91. The fraction of sp³-hybridized carbons (Fsp3) is 0.588. The van der Waals surface area contributed by atoms with Crippen LogP contribution < -0.4 is 15.8 Å². The Morgan fingerprint density at radius 2 is 1.90 bits per heavy atom. The standard InChI is InChI=1S/C17H29N3O/c1-13(2)10-11-19-16(18)20-12-17(3,4)14-6-8-15(21-5)9-7-14/h6-9,13H,10-12H2,1-5H3,(H3,18,19,20). The Morgan fingerprint density at radius 1 is 1.29 bits per heavy atom. The van der Waals surface area contributed by atoms with Crippen LogP contribution in [0.5, 0.6) is 5.75 Å². The maximum atomic E-state index is 5.91. The van der Waals surface area contributed by atoms with E-state index in [9.17, 15) is 0 Å². The second kappa shape index (κ2) is 7.91. The van der Waals surface area contributed by atoms with Gasteiger partial charge in [0.2, 0.25) is 0 Å². The highest BCUT2D eigenvalue weighted by molar-refractivity contribution is 5.77. The second-order valence-electron chi connectivity index (χ2n) is 6.42. The number of guanidine groups is 1. The van der Waals surface area contributed by atoms with Crippen LogP contribution >= 0.6 is 0 Å². The molecule has 0 fully saturated rings. The smallest absolute Gasteiger partial charge is 0.188 e. The summed E-state index contributed by atoms with van der Waals surface area (Å²) < 4.78 is 5.19. The first-order valence-corrected chi connectivity index (χ1v) is 7.53. The van der Waals surface area contributed by atoms with Crippen molar-refractivity contribution >= 4 is 5.96 Å². The van der Waals surface area contributed by atoms with Crippen LogP contribution in [-0.2, 0) is 5.41 Å². The molecule has 0 saturated carbocycles. The summed E-state index contributed by atoms with van der Waals surface area (Å²) in [5.41, 5.74) is 7.07. The van der Waals surface area contributed by atoms with Crippen LogP contribution in [0, 0.1) is 5.92 Å². The number of methoxy groups -OCH3 is 1. The molecule has 0 unspecified atom stereocenters. The number of nitrogens with one attached hydrogen (secondary N) is 1. The minimum atomic E-state index is -0.0589. The Balaban J connectivity index is 2.57. The van der Waals surface area contributed by atoms with E-state index in [1.54, 1.807) is 7.11 Å². The van der Waals surface area contributed by atoms with Gasteiger partial charge < -0.3 is 15.8 Å². The molecule has 0 amide bonds. The fourth-order valence-corrected chi connectivity index (χ4v) is 1.96. The Bertz CT molecular complexity index is 450. The number of hydrogen-bond acceptors (Lipinski definition) is 2. The van der Waals surface area contributed by atoms with Crippen molar-refractivity contribution < 1.29 is 4.74 Å². The van der Waals surface area contributed by atoms with Crippen molar-refractivity contribution in [1.29, 1.82) is 0 Å². The monoisotopic (exact) mass is 291 g/mol. The molecule has 0 spiro atoms. The van der Waals surface area contributed by atoms with Gasteiger partial charge in [-0.1, -0.05) is 39.8 Å². The van der Waals surface area contributed by atoms with Crippen molar-refractivity contribution in [2.75, 3.05) is 20.2 Å². The van der Waals surface area contributed by atoms with Gasteiger partial charge in [-0.2, -0.15) is 0 Å². The Hall–Kier alpha value is -1.71. The van der Waals surface area contributed by atoms with Crippen molar-refractivity contribution in [3.8, 4) is 5.75 Å². The zero-order valence-electron chi connectivity index (χ0n) is 13.9. The summed E-state index contributed by atoms with van der Waals surface area (Å²) in [6, 6.07) is 8.11. The Morgan fingerprint density at radius 3 is 2.43 bits per heavy atom. The highest BCUT2D eigenvalue weighted by atomic mass is 16.5. The van der Waals surface area contributed by atoms with Crippen LogP contribution in [0.3, 0.4) is 0 Å². The normalized spacial score (nSPS) is 12.6. The van der Waals surface area contributed by atoms with Crippen LogP contribution in [0.4, 0.5) is 0 Å². The number of benzene rings is 1. The van der Waals surface area contributed by atoms with E-state index in [4.69, 9.17) is 10.5 Å². The molecule has 0 saturated heterocycles. The van der Waals surface area contributed by atoms with Crippen molar-refractivity contribution in [3.63, 3.8) is 0 Å². The number of hydrogen-bond donors (Lipinski definition) is 2. The highest BCUT2D eigenvalue weighted by Crippen LogP contribution is 2.25. The molecule has 1 rings (SSSR count). The van der Waals surface area contributed by atoms with Gasteiger partial charge in [0.25, 0.3) is 0 Å². The zero-order chi connectivity index (χ0) is 15.9. The second-order valence-corrected chi connectivity index (χ2v) is 6.42. The van der Waals surface area contributed by atoms with Crippen molar-refractivity contribution in [3.05, 3.63) is 29.8 Å². The third-order valence-corrected chi connectivity index (χ3v) is 3.54. The molecule has 1 aromatic rings. The van der Waals surface area contributed by atoms with E-state index in [1.165, 1.54) is 5.56 Å². The first-order chi connectivity index (χ1) is 9.85. The number of nitrogens with two attached hydrogens (primary N) is 1. The third kappa shape index (κ3) is 6.06. The average molecular weight is 291 g/mol. The summed E-state index contributed by atoms with van der Waals surface area (Å²) in [5.74, 6) is 2.06. The van der Waals surface area contributed by atoms with Crippen molar-refractivity contribution in [2.45, 2.75) is 39.5 Å². The SMILES string of the molecule is COc1ccc(C(C)(C)CN=C(N)NCCC(C)C)cc1. The van der Waals surface area contributed by atoms with Crippen LogP contribution in [-0.4, -0.2) is 26.2 Å². The van der Waals surface area contributed by atoms with Crippen LogP contribution in [0.15, 0.2) is 29.3 Å². The summed E-state index contributed by atoms with van der Waals surface area (Å²) in [5, 5.41) is 3.16. The first-order valence-electron chi connectivity index (χ1n) is 7.53. The molecule has 0 radical (unpaired) electrons. The highest BCUT2D eigenvalue weighted by Gasteiger charge is 2.20. The van der Waals surface area contributed by atoms with Gasteiger partial charge in [0, 0.05) is 12.0 Å². The molecule has 0 aliphatic carbocycles. The number of aliphatic imine (C=N–C) groups is 1. The summed E-state index contributed by atoms with van der Waals surface area (Å²) in [7, 11) is 1.67. The molecule has 0 bridgehead atoms. The third-order valence-electron chi connectivity index (χ3n) is 3.54. The predicted octanol–water partition coefficient (Wildman–Crippen LogP) is 2.92. The fourth-order valence-electron chi connectivity index (χ4n) is 1.96. The van der Waals surface area contributed by atoms with E-state index in [2.05, 4.69) is 50.1 Å². The van der Waals surface area contributed by atoms with Gasteiger partial charge in [-0.3, -0.25) is 4.99 Å². The Labute approximate surface area is 128 Å². The molecule has 4 heteroatoms. The lowest BCUT2D eigenvalue weighted by molar-refractivity contribution is 0.414. The molecular weight excluding hydrogens is 262 g/mol. The molecule has 3 N–H and O–H groups in total. The molecule has 0 aliphatic heterocycles. The molecule has 118 valence electrons. The van der Waals surface area contributed by atoms with E-state index in [0.717, 1.165) is 18.7 Å². The first kappa shape index (κ1) is 17.3. The van der Waals surface area contributed by atoms with Gasteiger partial charge >= 0.3 is 0 Å². The minimum absolute atomic E-state index is 0.0589. The molecule has 4 nitrogen and oxygen atoms in total. The molecule has 21 heavy (non-hydrogen) atoms. The van der Waals surface area contributed by atoms with Gasteiger partial charge in [0.15, 0.2) is 5.96 Å². The van der Waals surface area contributed by atoms with Crippen molar-refractivity contribution in [2.24, 2.45) is 16.6 Å². The van der Waals surface area contributed by atoms with E-state index in [0.29, 0.717) is 18.4 Å². The van der Waals surface area contributed by atoms with E-state index in [1.807, 2.05) is 12.1 Å². The van der Waals surface area contributed by atoms with Gasteiger partial charge in [0.1, 0.15) is 5.75 Å². The number of rotatable bonds is 7. The summed E-state index contributed by atoms with van der Waals surface area (Å²) in [6.45, 7) is 10.2. The van der Waals surface area contributed by atoms with Gasteiger partial charge in [-0.15, -0.1) is 0 Å². The van der Waals surface area contributed by atoms with Gasteiger partial charge in [0.05, 0.1) is 13.7 Å². The summed E-state index contributed by atoms with van der Waals surface area (Å²) in [4.78, 5) is 4.46. The molecular formula is C17H29N3O. The van der Waals surface area contributed by atoms with Crippen LogP contribution in [0.25, 0.3) is 0 Å². The summed E-state index contributed by atoms with van der Waals surface area (Å²) >= 11 is 0.